The molecule has 1 aromatic carbocycles. The summed E-state index contributed by atoms with van der Waals surface area (Å²) in [5.74, 6) is -0.636. The highest BCUT2D eigenvalue weighted by atomic mass is 19.3. The van der Waals surface area contributed by atoms with Gasteiger partial charge in [0.05, 0.1) is 19.4 Å². The van der Waals surface area contributed by atoms with Gasteiger partial charge in [-0.25, -0.2) is 0 Å². The number of carbonyl (C=O) groups excluding carboxylic acids is 1. The van der Waals surface area contributed by atoms with E-state index in [1.165, 1.54) is 30.4 Å². The number of hydrogen-bond acceptors (Lipinski definition) is 5. The highest BCUT2D eigenvalue weighted by Crippen LogP contribution is 2.28. The van der Waals surface area contributed by atoms with Gasteiger partial charge >= 0.3 is 13.2 Å². The fourth-order valence-electron chi connectivity index (χ4n) is 2.35. The summed E-state index contributed by atoms with van der Waals surface area (Å²) in [6, 6.07) is 6.66. The number of halogens is 4. The first-order valence-corrected chi connectivity index (χ1v) is 8.41. The van der Waals surface area contributed by atoms with Crippen LogP contribution in [0.4, 0.5) is 17.6 Å². The Balaban J connectivity index is 2.18. The zero-order chi connectivity index (χ0) is 21.2. The van der Waals surface area contributed by atoms with Crippen molar-refractivity contribution < 1.29 is 41.0 Å². The number of hydrogen-bond donors (Lipinski definition) is 0. The fraction of sp³-hybridized carbons (Fsp3) is 0.316. The zero-order valence-electron chi connectivity index (χ0n) is 15.4. The molecule has 1 aromatic heterocycles. The third-order valence-corrected chi connectivity index (χ3v) is 3.64. The summed E-state index contributed by atoms with van der Waals surface area (Å²) in [5.41, 5.74) is 0.0879. The average molecular weight is 417 g/mol. The van der Waals surface area contributed by atoms with Crippen LogP contribution >= 0.6 is 0 Å². The summed E-state index contributed by atoms with van der Waals surface area (Å²) in [6.07, 6.45) is 3.87. The van der Waals surface area contributed by atoms with Crippen LogP contribution in [-0.4, -0.2) is 44.3 Å². The Bertz CT molecular complexity index is 796. The first-order valence-electron chi connectivity index (χ1n) is 8.41. The van der Waals surface area contributed by atoms with Gasteiger partial charge in [0.25, 0.3) is 0 Å². The van der Waals surface area contributed by atoms with Gasteiger partial charge in [0.2, 0.25) is 5.91 Å². The van der Waals surface area contributed by atoms with Crippen molar-refractivity contribution >= 4 is 12.0 Å². The third kappa shape index (κ3) is 7.49. The van der Waals surface area contributed by atoms with E-state index >= 15 is 0 Å². The lowest BCUT2D eigenvalue weighted by atomic mass is 10.1. The van der Waals surface area contributed by atoms with E-state index in [2.05, 4.69) is 9.47 Å². The number of benzene rings is 1. The van der Waals surface area contributed by atoms with E-state index in [1.807, 2.05) is 0 Å². The standard InChI is InChI=1S/C19H19F4NO5/c1-26-10-8-24(12-15-3-2-9-27-15)17(25)7-5-13-4-6-14(28-18(20)21)11-16(13)29-19(22)23/h2-7,9,11,18-19H,8,10,12H2,1H3/b7-5+. The van der Waals surface area contributed by atoms with Crippen molar-refractivity contribution in [3.05, 3.63) is 54.0 Å². The first-order chi connectivity index (χ1) is 13.9. The van der Waals surface area contributed by atoms with E-state index in [9.17, 15) is 22.4 Å². The molecule has 2 rings (SSSR count). The summed E-state index contributed by atoms with van der Waals surface area (Å²) >= 11 is 0. The van der Waals surface area contributed by atoms with Crippen molar-refractivity contribution in [3.8, 4) is 11.5 Å². The number of ether oxygens (including phenoxy) is 3. The molecule has 0 aliphatic heterocycles. The summed E-state index contributed by atoms with van der Waals surface area (Å²) in [7, 11) is 1.49. The van der Waals surface area contributed by atoms with Gasteiger partial charge in [-0.1, -0.05) is 0 Å². The molecule has 158 valence electrons. The second-order valence-corrected chi connectivity index (χ2v) is 5.62. The van der Waals surface area contributed by atoms with Crippen LogP contribution in [0.15, 0.2) is 47.1 Å². The number of carbonyl (C=O) groups is 1. The first kappa shape index (κ1) is 22.3. The van der Waals surface area contributed by atoms with Crippen LogP contribution in [0.5, 0.6) is 11.5 Å². The van der Waals surface area contributed by atoms with Gasteiger partial charge in [0.1, 0.15) is 17.3 Å². The Labute approximate surface area is 164 Å². The second kappa shape index (κ2) is 11.1. The maximum Gasteiger partial charge on any atom is 0.387 e. The molecule has 1 amide bonds. The molecule has 29 heavy (non-hydrogen) atoms. The normalized spacial score (nSPS) is 11.4. The van der Waals surface area contributed by atoms with Crippen LogP contribution < -0.4 is 9.47 Å². The van der Waals surface area contributed by atoms with Crippen molar-refractivity contribution in [1.29, 1.82) is 0 Å². The van der Waals surface area contributed by atoms with Crippen LogP contribution in [0.2, 0.25) is 0 Å². The Morgan fingerprint density at radius 2 is 1.93 bits per heavy atom. The molecule has 0 bridgehead atoms. The molecule has 0 aliphatic carbocycles. The van der Waals surface area contributed by atoms with Crippen LogP contribution in [0.1, 0.15) is 11.3 Å². The predicted molar refractivity (Wildman–Crippen MR) is 94.7 cm³/mol. The monoisotopic (exact) mass is 417 g/mol. The Hall–Kier alpha value is -3.01. The van der Waals surface area contributed by atoms with Crippen molar-refractivity contribution in [2.24, 2.45) is 0 Å². The van der Waals surface area contributed by atoms with E-state index in [0.29, 0.717) is 5.76 Å². The van der Waals surface area contributed by atoms with Crippen molar-refractivity contribution in [1.82, 2.24) is 4.90 Å². The Morgan fingerprint density at radius 3 is 2.55 bits per heavy atom. The largest absolute Gasteiger partial charge is 0.467 e. The van der Waals surface area contributed by atoms with E-state index in [4.69, 9.17) is 9.15 Å². The molecule has 0 saturated carbocycles. The van der Waals surface area contributed by atoms with Crippen LogP contribution in [0, 0.1) is 0 Å². The van der Waals surface area contributed by atoms with Crippen molar-refractivity contribution in [2.75, 3.05) is 20.3 Å². The maximum atomic E-state index is 12.6. The van der Waals surface area contributed by atoms with Gasteiger partial charge < -0.3 is 23.5 Å². The summed E-state index contributed by atoms with van der Waals surface area (Å²) in [6.45, 7) is -5.58. The molecule has 0 fully saturated rings. The number of nitrogens with zero attached hydrogens (tertiary/aromatic N) is 1. The molecule has 0 aliphatic rings. The quantitative estimate of drug-likeness (QED) is 0.406. The molecule has 0 N–H and O–H groups in total. The molecular weight excluding hydrogens is 398 g/mol. The summed E-state index contributed by atoms with van der Waals surface area (Å²) in [4.78, 5) is 14.0. The summed E-state index contributed by atoms with van der Waals surface area (Å²) in [5, 5.41) is 0. The van der Waals surface area contributed by atoms with Gasteiger partial charge in [-0.15, -0.1) is 0 Å². The van der Waals surface area contributed by atoms with Gasteiger partial charge in [0.15, 0.2) is 0 Å². The Morgan fingerprint density at radius 1 is 1.17 bits per heavy atom. The Kier molecular flexibility index (Phi) is 8.53. The average Bonchev–Trinajstić information content (AvgIpc) is 3.16. The lowest BCUT2D eigenvalue weighted by Crippen LogP contribution is -2.31. The smallest absolute Gasteiger partial charge is 0.387 e. The summed E-state index contributed by atoms with van der Waals surface area (Å²) < 4.78 is 68.7. The van der Waals surface area contributed by atoms with E-state index in [1.54, 1.807) is 12.1 Å². The molecule has 0 saturated heterocycles. The topological polar surface area (TPSA) is 61.1 Å². The predicted octanol–water partition coefficient (Wildman–Crippen LogP) is 4.17. The minimum absolute atomic E-state index is 0.0879. The SMILES string of the molecule is COCCN(Cc1ccco1)C(=O)/C=C/c1ccc(OC(F)F)cc1OC(F)F. The number of furan rings is 1. The van der Waals surface area contributed by atoms with Gasteiger partial charge in [-0.2, -0.15) is 17.6 Å². The molecule has 10 heteroatoms. The number of amides is 1. The van der Waals surface area contributed by atoms with Crippen molar-refractivity contribution in [3.63, 3.8) is 0 Å². The molecule has 2 aromatic rings. The van der Waals surface area contributed by atoms with Crippen LogP contribution in [0.3, 0.4) is 0 Å². The van der Waals surface area contributed by atoms with Gasteiger partial charge in [-0.3, -0.25) is 4.79 Å². The molecule has 0 atom stereocenters. The number of alkyl halides is 4. The fourth-order valence-corrected chi connectivity index (χ4v) is 2.35. The highest BCUT2D eigenvalue weighted by Gasteiger charge is 2.15. The van der Waals surface area contributed by atoms with E-state index < -0.39 is 24.9 Å². The highest BCUT2D eigenvalue weighted by molar-refractivity contribution is 5.92. The van der Waals surface area contributed by atoms with Gasteiger partial charge in [-0.05, 0) is 30.3 Å². The van der Waals surface area contributed by atoms with Crippen LogP contribution in [-0.2, 0) is 16.1 Å². The zero-order valence-corrected chi connectivity index (χ0v) is 15.4. The number of rotatable bonds is 11. The molecule has 0 radical (unpaired) electrons. The number of methoxy groups -OCH3 is 1. The molecule has 6 nitrogen and oxygen atoms in total. The molecular formula is C19H19F4NO5. The lowest BCUT2D eigenvalue weighted by Gasteiger charge is -2.19. The van der Waals surface area contributed by atoms with E-state index in [-0.39, 0.29) is 31.0 Å². The van der Waals surface area contributed by atoms with Gasteiger partial charge in [0, 0.05) is 31.4 Å². The minimum atomic E-state index is -3.18. The van der Waals surface area contributed by atoms with Crippen LogP contribution in [0.25, 0.3) is 6.08 Å². The van der Waals surface area contributed by atoms with E-state index in [0.717, 1.165) is 18.2 Å². The third-order valence-electron chi connectivity index (χ3n) is 3.64. The maximum absolute atomic E-state index is 12.6. The molecule has 0 spiro atoms. The molecule has 1 heterocycles. The second-order valence-electron chi connectivity index (χ2n) is 5.62. The van der Waals surface area contributed by atoms with Crippen molar-refractivity contribution in [2.45, 2.75) is 19.8 Å². The molecule has 0 unspecified atom stereocenters. The lowest BCUT2D eigenvalue weighted by molar-refractivity contribution is -0.127. The minimum Gasteiger partial charge on any atom is -0.467 e.